The zero-order chi connectivity index (χ0) is 14.9. The van der Waals surface area contributed by atoms with E-state index < -0.39 is 15.8 Å². The van der Waals surface area contributed by atoms with Gasteiger partial charge >= 0.3 is 0 Å². The third-order valence-corrected chi connectivity index (χ3v) is 5.60. The van der Waals surface area contributed by atoms with Gasteiger partial charge in [0.15, 0.2) is 0 Å². The number of halogens is 2. The lowest BCUT2D eigenvalue weighted by Gasteiger charge is -2.09. The summed E-state index contributed by atoms with van der Waals surface area (Å²) >= 11 is 7.13. The van der Waals surface area contributed by atoms with Crippen LogP contribution in [-0.4, -0.2) is 8.42 Å². The van der Waals surface area contributed by atoms with Crippen molar-refractivity contribution >= 4 is 38.6 Å². The van der Waals surface area contributed by atoms with Crippen LogP contribution in [0.1, 0.15) is 9.75 Å². The van der Waals surface area contributed by atoms with E-state index in [4.69, 9.17) is 17.3 Å². The summed E-state index contributed by atoms with van der Waals surface area (Å²) in [6.45, 7) is 1.98. The van der Waals surface area contributed by atoms with Crippen molar-refractivity contribution in [3.8, 4) is 0 Å². The molecule has 0 unspecified atom stereocenters. The van der Waals surface area contributed by atoms with Gasteiger partial charge in [0, 0.05) is 16.3 Å². The fourth-order valence-electron chi connectivity index (χ4n) is 1.66. The Labute approximate surface area is 125 Å². The predicted molar refractivity (Wildman–Crippen MR) is 79.2 cm³/mol. The Bertz CT molecular complexity index is 744. The molecule has 8 heteroatoms. The second-order valence-electron chi connectivity index (χ2n) is 4.07. The lowest BCUT2D eigenvalue weighted by Crippen LogP contribution is -2.13. The number of hydrogen-bond donors (Lipinski definition) is 2. The number of hydrogen-bond acceptors (Lipinski definition) is 4. The first-order valence-electron chi connectivity index (χ1n) is 5.60. The van der Waals surface area contributed by atoms with E-state index in [2.05, 4.69) is 4.72 Å². The van der Waals surface area contributed by atoms with Gasteiger partial charge in [-0.2, -0.15) is 0 Å². The molecule has 0 aliphatic rings. The van der Waals surface area contributed by atoms with E-state index in [0.717, 1.165) is 17.0 Å². The maximum Gasteiger partial charge on any atom is 0.263 e. The molecule has 0 radical (unpaired) electrons. The molecule has 0 bridgehead atoms. The van der Waals surface area contributed by atoms with Crippen LogP contribution in [0.15, 0.2) is 29.2 Å². The molecule has 0 atom stereocenters. The number of rotatable bonds is 4. The topological polar surface area (TPSA) is 72.2 Å². The fraction of sp³-hybridized carbons (Fsp3) is 0.167. The van der Waals surface area contributed by atoms with Gasteiger partial charge < -0.3 is 5.73 Å². The van der Waals surface area contributed by atoms with Crippen LogP contribution in [-0.2, 0) is 16.6 Å². The van der Waals surface area contributed by atoms with E-state index >= 15 is 0 Å². The molecular weight excluding hydrogens is 323 g/mol. The summed E-state index contributed by atoms with van der Waals surface area (Å²) in [5, 5.41) is 0.000469. The molecule has 0 saturated carbocycles. The molecule has 2 aromatic rings. The van der Waals surface area contributed by atoms with E-state index in [-0.39, 0.29) is 22.2 Å². The normalized spacial score (nSPS) is 11.6. The summed E-state index contributed by atoms with van der Waals surface area (Å²) in [6, 6.07) is 4.99. The van der Waals surface area contributed by atoms with Gasteiger partial charge in [-0.15, -0.1) is 11.3 Å². The molecular formula is C12H12ClFN2O2S2. The lowest BCUT2D eigenvalue weighted by atomic mass is 10.3. The summed E-state index contributed by atoms with van der Waals surface area (Å²) < 4.78 is 39.9. The molecule has 0 aliphatic heterocycles. The number of anilines is 1. The van der Waals surface area contributed by atoms with Gasteiger partial charge in [0.2, 0.25) is 0 Å². The van der Waals surface area contributed by atoms with Gasteiger partial charge in [-0.25, -0.2) is 12.8 Å². The van der Waals surface area contributed by atoms with Crippen molar-refractivity contribution < 1.29 is 12.8 Å². The third-order valence-electron chi connectivity index (χ3n) is 2.59. The van der Waals surface area contributed by atoms with Crippen LogP contribution in [0.25, 0.3) is 0 Å². The van der Waals surface area contributed by atoms with Crippen LogP contribution in [0, 0.1) is 12.7 Å². The maximum atomic E-state index is 12.9. The summed E-state index contributed by atoms with van der Waals surface area (Å²) in [7, 11) is -3.77. The highest BCUT2D eigenvalue weighted by molar-refractivity contribution is 7.93. The number of sulfonamides is 1. The standard InChI is InChI=1S/C12H12ClFN2O2S2/c1-7-12(5-9(6-15)19-7)20(17,18)16-11-3-2-8(14)4-10(11)13/h2-5,16H,6,15H2,1H3. The first-order chi connectivity index (χ1) is 9.33. The number of nitrogens with one attached hydrogen (secondary N) is 1. The predicted octanol–water partition coefficient (Wildman–Crippen LogP) is 3.11. The van der Waals surface area contributed by atoms with Gasteiger partial charge in [-0.1, -0.05) is 11.6 Å². The summed E-state index contributed by atoms with van der Waals surface area (Å²) in [5.74, 6) is -0.532. The third kappa shape index (κ3) is 3.12. The fourth-order valence-corrected chi connectivity index (χ4v) is 4.53. The van der Waals surface area contributed by atoms with Gasteiger partial charge in [0.25, 0.3) is 10.0 Å². The molecule has 0 amide bonds. The molecule has 20 heavy (non-hydrogen) atoms. The Morgan fingerprint density at radius 1 is 1.40 bits per heavy atom. The number of benzene rings is 1. The highest BCUT2D eigenvalue weighted by Crippen LogP contribution is 2.29. The molecule has 1 heterocycles. The van der Waals surface area contributed by atoms with Crippen molar-refractivity contribution in [2.24, 2.45) is 5.73 Å². The van der Waals surface area contributed by atoms with Gasteiger partial charge in [-0.05, 0) is 31.2 Å². The first kappa shape index (κ1) is 15.2. The van der Waals surface area contributed by atoms with Crippen LogP contribution in [0.4, 0.5) is 10.1 Å². The van der Waals surface area contributed by atoms with Crippen LogP contribution in [0.2, 0.25) is 5.02 Å². The monoisotopic (exact) mass is 334 g/mol. The molecule has 108 valence electrons. The van der Waals surface area contributed by atoms with Crippen molar-refractivity contribution in [1.29, 1.82) is 0 Å². The SMILES string of the molecule is Cc1sc(CN)cc1S(=O)(=O)Nc1ccc(F)cc1Cl. The van der Waals surface area contributed by atoms with Crippen LogP contribution < -0.4 is 10.5 Å². The van der Waals surface area contributed by atoms with Crippen molar-refractivity contribution in [1.82, 2.24) is 0 Å². The largest absolute Gasteiger partial charge is 0.326 e. The minimum absolute atomic E-state index is 0.000469. The number of thiophene rings is 1. The van der Waals surface area contributed by atoms with E-state index in [1.165, 1.54) is 23.5 Å². The number of aryl methyl sites for hydroxylation is 1. The molecule has 0 saturated heterocycles. The average molecular weight is 335 g/mol. The molecule has 4 nitrogen and oxygen atoms in total. The second kappa shape index (κ2) is 5.69. The molecule has 0 spiro atoms. The maximum absolute atomic E-state index is 12.9. The molecule has 0 aliphatic carbocycles. The van der Waals surface area contributed by atoms with Gasteiger partial charge in [0.1, 0.15) is 10.7 Å². The molecule has 0 fully saturated rings. The minimum atomic E-state index is -3.77. The summed E-state index contributed by atoms with van der Waals surface area (Å²) in [5.41, 5.74) is 5.63. The highest BCUT2D eigenvalue weighted by Gasteiger charge is 2.20. The highest BCUT2D eigenvalue weighted by atomic mass is 35.5. The van der Waals surface area contributed by atoms with E-state index in [9.17, 15) is 12.8 Å². The van der Waals surface area contributed by atoms with E-state index in [1.807, 2.05) is 0 Å². The van der Waals surface area contributed by atoms with Crippen molar-refractivity contribution in [2.45, 2.75) is 18.4 Å². The summed E-state index contributed by atoms with van der Waals surface area (Å²) in [4.78, 5) is 1.56. The van der Waals surface area contributed by atoms with Gasteiger partial charge in [0.05, 0.1) is 10.7 Å². The molecule has 1 aromatic heterocycles. The van der Waals surface area contributed by atoms with E-state index in [1.54, 1.807) is 6.92 Å². The smallest absolute Gasteiger partial charge is 0.263 e. The van der Waals surface area contributed by atoms with Crippen LogP contribution in [0.5, 0.6) is 0 Å². The minimum Gasteiger partial charge on any atom is -0.326 e. The Morgan fingerprint density at radius 3 is 2.65 bits per heavy atom. The average Bonchev–Trinajstić information content (AvgIpc) is 2.75. The quantitative estimate of drug-likeness (QED) is 0.902. The lowest BCUT2D eigenvalue weighted by molar-refractivity contribution is 0.601. The molecule has 1 aromatic carbocycles. The zero-order valence-electron chi connectivity index (χ0n) is 10.5. The zero-order valence-corrected chi connectivity index (χ0v) is 12.9. The molecule has 2 rings (SSSR count). The van der Waals surface area contributed by atoms with Crippen LogP contribution >= 0.6 is 22.9 Å². The Kier molecular flexibility index (Phi) is 4.33. The number of nitrogens with two attached hydrogens (primary N) is 1. The Morgan fingerprint density at radius 2 is 2.10 bits per heavy atom. The molecule has 3 N–H and O–H groups in total. The van der Waals surface area contributed by atoms with Crippen LogP contribution in [0.3, 0.4) is 0 Å². The Hall–Kier alpha value is -1.15. The van der Waals surface area contributed by atoms with Crippen molar-refractivity contribution in [2.75, 3.05) is 4.72 Å². The van der Waals surface area contributed by atoms with Crippen molar-refractivity contribution in [3.05, 3.63) is 44.9 Å². The van der Waals surface area contributed by atoms with Gasteiger partial charge in [-0.3, -0.25) is 4.72 Å². The summed E-state index contributed by atoms with van der Waals surface area (Å²) in [6.07, 6.45) is 0. The Balaban J connectivity index is 2.38. The second-order valence-corrected chi connectivity index (χ2v) is 7.47. The van der Waals surface area contributed by atoms with E-state index in [0.29, 0.717) is 4.88 Å². The first-order valence-corrected chi connectivity index (χ1v) is 8.28. The van der Waals surface area contributed by atoms with Crippen molar-refractivity contribution in [3.63, 3.8) is 0 Å².